The smallest absolute Gasteiger partial charge is 0.142 e. The second kappa shape index (κ2) is 9.87. The zero-order valence-electron chi connectivity index (χ0n) is 19.0. The Balaban J connectivity index is 1.40. The fraction of sp³-hybridized carbons (Fsp3) is 0.385. The molecule has 7 heteroatoms. The zero-order chi connectivity index (χ0) is 22.6. The van der Waals surface area contributed by atoms with E-state index in [2.05, 4.69) is 38.1 Å². The first kappa shape index (κ1) is 21.8. The van der Waals surface area contributed by atoms with Gasteiger partial charge < -0.3 is 14.4 Å². The molecule has 172 valence electrons. The van der Waals surface area contributed by atoms with Crippen LogP contribution in [0.25, 0.3) is 22.5 Å². The third kappa shape index (κ3) is 4.71. The summed E-state index contributed by atoms with van der Waals surface area (Å²) >= 11 is 0. The Hall–Kier alpha value is -3.00. The van der Waals surface area contributed by atoms with Gasteiger partial charge in [0.15, 0.2) is 0 Å². The number of piperazine rings is 1. The Morgan fingerprint density at radius 2 is 1.76 bits per heavy atom. The summed E-state index contributed by atoms with van der Waals surface area (Å²) in [6, 6.07) is 12.5. The molecule has 33 heavy (non-hydrogen) atoms. The van der Waals surface area contributed by atoms with Crippen LogP contribution in [0.2, 0.25) is 0 Å². The quantitative estimate of drug-likeness (QED) is 0.438. The minimum atomic E-state index is 0.760. The molecule has 3 heterocycles. The van der Waals surface area contributed by atoms with Gasteiger partial charge in [0.05, 0.1) is 18.9 Å². The van der Waals surface area contributed by atoms with Crippen LogP contribution in [0.3, 0.4) is 0 Å². The first-order valence-corrected chi connectivity index (χ1v) is 11.6. The molecule has 0 atom stereocenters. The molecule has 0 saturated carbocycles. The molecule has 1 fully saturated rings. The second-order valence-electron chi connectivity index (χ2n) is 8.72. The summed E-state index contributed by atoms with van der Waals surface area (Å²) in [5, 5.41) is 12.7. The Kier molecular flexibility index (Phi) is 6.53. The van der Waals surface area contributed by atoms with Crippen LogP contribution in [0.4, 0.5) is 0 Å². The molecule has 3 aromatic rings. The number of oxime groups is 1. The highest BCUT2D eigenvalue weighted by Crippen LogP contribution is 2.37. The van der Waals surface area contributed by atoms with E-state index < -0.39 is 0 Å². The molecule has 2 aromatic heterocycles. The Labute approximate surface area is 194 Å². The van der Waals surface area contributed by atoms with E-state index >= 15 is 0 Å². The Morgan fingerprint density at radius 1 is 0.970 bits per heavy atom. The molecule has 0 radical (unpaired) electrons. The van der Waals surface area contributed by atoms with Gasteiger partial charge in [0.25, 0.3) is 0 Å². The Morgan fingerprint density at radius 3 is 2.52 bits per heavy atom. The van der Waals surface area contributed by atoms with E-state index in [1.165, 1.54) is 5.56 Å². The van der Waals surface area contributed by atoms with Crippen molar-refractivity contribution in [3.63, 3.8) is 0 Å². The number of hydrogen-bond acceptors (Lipinski definition) is 7. The lowest BCUT2D eigenvalue weighted by atomic mass is 9.99. The number of pyridine rings is 1. The van der Waals surface area contributed by atoms with Crippen LogP contribution >= 0.6 is 0 Å². The van der Waals surface area contributed by atoms with Crippen molar-refractivity contribution in [2.24, 2.45) is 5.16 Å². The van der Waals surface area contributed by atoms with Gasteiger partial charge in [0, 0.05) is 68.9 Å². The average molecular weight is 447 g/mol. The molecule has 0 amide bonds. The minimum absolute atomic E-state index is 0.760. The summed E-state index contributed by atoms with van der Waals surface area (Å²) in [6.45, 7) is 6.70. The van der Waals surface area contributed by atoms with Crippen LogP contribution in [0, 0.1) is 0 Å². The number of aromatic nitrogens is 1. The largest absolute Gasteiger partial charge is 0.459 e. The number of methoxy groups -OCH3 is 1. The lowest BCUT2D eigenvalue weighted by Gasteiger charge is -2.34. The highest BCUT2D eigenvalue weighted by Gasteiger charge is 2.23. The van der Waals surface area contributed by atoms with Crippen LogP contribution < -0.4 is 0 Å². The summed E-state index contributed by atoms with van der Waals surface area (Å²) < 4.78 is 11.7. The standard InChI is InChI=1S/C26H30N4O3/c1-32-15-14-29-10-12-30(13-11-29)18-22-17-24(19-6-8-27-9-7-19)26(33-22)21-2-4-23-20(16-21)3-5-25(23)28-31/h2,4,6-9,16-17,31H,3,5,10-15,18H2,1H3/b28-25+. The van der Waals surface area contributed by atoms with Gasteiger partial charge in [-0.25, -0.2) is 0 Å². The molecule has 1 aromatic carbocycles. The second-order valence-corrected chi connectivity index (χ2v) is 8.72. The van der Waals surface area contributed by atoms with E-state index in [0.717, 1.165) is 98.2 Å². The van der Waals surface area contributed by atoms with Crippen molar-refractivity contribution in [1.82, 2.24) is 14.8 Å². The topological polar surface area (TPSA) is 74.3 Å². The van der Waals surface area contributed by atoms with Crippen molar-refractivity contribution in [2.45, 2.75) is 19.4 Å². The van der Waals surface area contributed by atoms with Crippen molar-refractivity contribution in [3.05, 3.63) is 65.7 Å². The number of rotatable bonds is 7. The van der Waals surface area contributed by atoms with Gasteiger partial charge in [-0.05, 0) is 48.2 Å². The van der Waals surface area contributed by atoms with Crippen LogP contribution in [0.1, 0.15) is 23.3 Å². The fourth-order valence-corrected chi connectivity index (χ4v) is 4.81. The van der Waals surface area contributed by atoms with Gasteiger partial charge in [0.1, 0.15) is 11.5 Å². The van der Waals surface area contributed by atoms with Gasteiger partial charge in [-0.1, -0.05) is 17.3 Å². The van der Waals surface area contributed by atoms with E-state index in [1.54, 1.807) is 7.11 Å². The van der Waals surface area contributed by atoms with Gasteiger partial charge in [-0.15, -0.1) is 0 Å². The number of ether oxygens (including phenoxy) is 1. The molecule has 7 nitrogen and oxygen atoms in total. The molecule has 0 spiro atoms. The maximum absolute atomic E-state index is 9.26. The number of benzene rings is 1. The van der Waals surface area contributed by atoms with Gasteiger partial charge >= 0.3 is 0 Å². The number of furan rings is 1. The molecule has 0 unspecified atom stereocenters. The maximum Gasteiger partial charge on any atom is 0.142 e. The highest BCUT2D eigenvalue weighted by atomic mass is 16.5. The normalized spacial score (nSPS) is 18.2. The van der Waals surface area contributed by atoms with E-state index in [4.69, 9.17) is 9.15 Å². The molecule has 1 aliphatic carbocycles. The van der Waals surface area contributed by atoms with Crippen LogP contribution in [-0.2, 0) is 17.7 Å². The molecule has 2 aliphatic rings. The first-order valence-electron chi connectivity index (χ1n) is 11.6. The van der Waals surface area contributed by atoms with Crippen LogP contribution in [0.15, 0.2) is 58.4 Å². The minimum Gasteiger partial charge on any atom is -0.459 e. The molecule has 1 saturated heterocycles. The van der Waals surface area contributed by atoms with Crippen molar-refractivity contribution in [2.75, 3.05) is 46.4 Å². The molecule has 0 bridgehead atoms. The predicted molar refractivity (Wildman–Crippen MR) is 128 cm³/mol. The van der Waals surface area contributed by atoms with Crippen LogP contribution in [0.5, 0.6) is 0 Å². The number of aryl methyl sites for hydroxylation is 1. The first-order chi connectivity index (χ1) is 16.2. The van der Waals surface area contributed by atoms with E-state index in [-0.39, 0.29) is 0 Å². The summed E-state index contributed by atoms with van der Waals surface area (Å²) in [5.41, 5.74) is 6.22. The van der Waals surface area contributed by atoms with Gasteiger partial charge in [-0.3, -0.25) is 14.8 Å². The summed E-state index contributed by atoms with van der Waals surface area (Å²) in [7, 11) is 1.76. The number of fused-ring (bicyclic) bond motifs is 1. The maximum atomic E-state index is 9.26. The fourth-order valence-electron chi connectivity index (χ4n) is 4.81. The lowest BCUT2D eigenvalue weighted by Crippen LogP contribution is -2.46. The van der Waals surface area contributed by atoms with Crippen molar-refractivity contribution in [3.8, 4) is 22.5 Å². The molecule has 1 N–H and O–H groups in total. The van der Waals surface area contributed by atoms with Crippen molar-refractivity contribution >= 4 is 5.71 Å². The average Bonchev–Trinajstić information content (AvgIpc) is 3.47. The SMILES string of the molecule is COCCN1CCN(Cc2cc(-c3ccncc3)c(-c3ccc4c(c3)CC/C4=N\O)o2)CC1. The predicted octanol–water partition coefficient (Wildman–Crippen LogP) is 3.90. The molecule has 1 aliphatic heterocycles. The van der Waals surface area contributed by atoms with Crippen molar-refractivity contribution in [1.29, 1.82) is 0 Å². The van der Waals surface area contributed by atoms with Crippen LogP contribution in [-0.4, -0.2) is 72.1 Å². The van der Waals surface area contributed by atoms with Gasteiger partial charge in [0.2, 0.25) is 0 Å². The number of nitrogens with zero attached hydrogens (tertiary/aromatic N) is 4. The summed E-state index contributed by atoms with van der Waals surface area (Å²) in [5.74, 6) is 1.85. The number of hydrogen-bond donors (Lipinski definition) is 1. The molecular weight excluding hydrogens is 416 g/mol. The summed E-state index contributed by atoms with van der Waals surface area (Å²) in [4.78, 5) is 9.08. The van der Waals surface area contributed by atoms with Crippen molar-refractivity contribution < 1.29 is 14.4 Å². The lowest BCUT2D eigenvalue weighted by molar-refractivity contribution is 0.0906. The van der Waals surface area contributed by atoms with E-state index in [1.807, 2.05) is 30.6 Å². The van der Waals surface area contributed by atoms with E-state index in [9.17, 15) is 5.21 Å². The molecular formula is C26H30N4O3. The highest BCUT2D eigenvalue weighted by molar-refractivity contribution is 6.04. The monoisotopic (exact) mass is 446 g/mol. The summed E-state index contributed by atoms with van der Waals surface area (Å²) in [6.07, 6.45) is 5.29. The zero-order valence-corrected chi connectivity index (χ0v) is 19.0. The molecule has 5 rings (SSSR count). The third-order valence-corrected chi connectivity index (χ3v) is 6.66. The Bertz CT molecular complexity index is 1120. The van der Waals surface area contributed by atoms with E-state index in [0.29, 0.717) is 0 Å². The van der Waals surface area contributed by atoms with Gasteiger partial charge in [-0.2, -0.15) is 0 Å². The third-order valence-electron chi connectivity index (χ3n) is 6.66.